The summed E-state index contributed by atoms with van der Waals surface area (Å²) in [7, 11) is 0. The molecule has 216 valence electrons. The predicted molar refractivity (Wildman–Crippen MR) is 147 cm³/mol. The van der Waals surface area contributed by atoms with Crippen LogP contribution in [0.1, 0.15) is 67.7 Å². The van der Waals surface area contributed by atoms with E-state index in [1.165, 1.54) is 12.3 Å². The molecule has 1 saturated carbocycles. The number of hydrogen-bond acceptors (Lipinski definition) is 8. The molecule has 13 heteroatoms. The normalized spacial score (nSPS) is 15.1. The van der Waals surface area contributed by atoms with Crippen LogP contribution in [0.15, 0.2) is 36.7 Å². The number of nitrogens with zero attached hydrogens (tertiary/aromatic N) is 7. The van der Waals surface area contributed by atoms with Gasteiger partial charge < -0.3 is 10.6 Å². The number of rotatable bonds is 8. The first kappa shape index (κ1) is 28.7. The molecular weight excluding hydrogens is 550 g/mol. The second-order valence-electron chi connectivity index (χ2n) is 11.4. The van der Waals surface area contributed by atoms with Crippen LogP contribution in [-0.2, 0) is 5.54 Å². The van der Waals surface area contributed by atoms with Crippen molar-refractivity contribution < 1.29 is 17.6 Å². The van der Waals surface area contributed by atoms with Gasteiger partial charge in [-0.05, 0) is 58.7 Å². The van der Waals surface area contributed by atoms with Crippen LogP contribution in [0.4, 0.5) is 28.9 Å². The molecule has 0 bridgehead atoms. The van der Waals surface area contributed by atoms with Gasteiger partial charge in [-0.3, -0.25) is 4.98 Å². The Bertz CT molecular complexity index is 1760. The first-order valence-electron chi connectivity index (χ1n) is 13.2. The van der Waals surface area contributed by atoms with E-state index in [2.05, 4.69) is 43.9 Å². The van der Waals surface area contributed by atoms with Crippen molar-refractivity contribution in [1.82, 2.24) is 25.0 Å². The van der Waals surface area contributed by atoms with Gasteiger partial charge in [-0.25, -0.2) is 9.67 Å². The molecule has 0 amide bonds. The van der Waals surface area contributed by atoms with Gasteiger partial charge >= 0.3 is 6.18 Å². The second kappa shape index (κ2) is 10.2. The van der Waals surface area contributed by atoms with E-state index in [4.69, 9.17) is 0 Å². The summed E-state index contributed by atoms with van der Waals surface area (Å²) in [6.45, 7) is 5.32. The number of hydrogen-bond donors (Lipinski definition) is 2. The maximum atomic E-state index is 13.9. The molecule has 5 rings (SSSR count). The second-order valence-corrected chi connectivity index (χ2v) is 11.4. The fourth-order valence-corrected chi connectivity index (χ4v) is 4.56. The van der Waals surface area contributed by atoms with Gasteiger partial charge in [0.2, 0.25) is 5.95 Å². The van der Waals surface area contributed by atoms with E-state index in [0.717, 1.165) is 26.7 Å². The van der Waals surface area contributed by atoms with Crippen molar-refractivity contribution in [3.63, 3.8) is 0 Å². The third-order valence-corrected chi connectivity index (χ3v) is 7.74. The average molecular weight is 578 g/mol. The first-order chi connectivity index (χ1) is 19.8. The Morgan fingerprint density at radius 2 is 1.83 bits per heavy atom. The Balaban J connectivity index is 1.62. The van der Waals surface area contributed by atoms with Gasteiger partial charge in [-0.2, -0.15) is 28.1 Å². The van der Waals surface area contributed by atoms with Crippen molar-refractivity contribution in [3.05, 3.63) is 70.7 Å². The maximum Gasteiger partial charge on any atom is 0.395 e. The van der Waals surface area contributed by atoms with E-state index in [1.807, 2.05) is 6.07 Å². The number of alkyl halides is 3. The number of aryl methyl sites for hydroxylation is 1. The third-order valence-electron chi connectivity index (χ3n) is 7.74. The van der Waals surface area contributed by atoms with Crippen LogP contribution < -0.4 is 10.6 Å². The summed E-state index contributed by atoms with van der Waals surface area (Å²) >= 11 is 0. The molecule has 1 fully saturated rings. The smallest absolute Gasteiger partial charge is 0.382 e. The molecule has 1 aliphatic rings. The number of aromatic nitrogens is 5. The lowest BCUT2D eigenvalue weighted by atomic mass is 9.92. The van der Waals surface area contributed by atoms with E-state index >= 15 is 0 Å². The van der Waals surface area contributed by atoms with Gasteiger partial charge in [0.05, 0.1) is 45.5 Å². The Labute approximate surface area is 239 Å². The van der Waals surface area contributed by atoms with Gasteiger partial charge in [0, 0.05) is 35.1 Å². The Hall–Kier alpha value is -4.78. The largest absolute Gasteiger partial charge is 0.395 e. The standard InChI is InChI=1S/C29H27F4N9/c1-16-20(5-6-23(30)38-16)26(22-14-42(41-40-22)28(4)7-8-28)39-19-9-17(11-34)24-21(10-19)25(18(12-35)13-36-24)37-15-27(2,3)29(31,32)33/h5-6,9-10,13-14,26,39H,7-8,15H2,1-4H3,(H,36,37). The Kier molecular flexibility index (Phi) is 7.01. The molecule has 0 aliphatic heterocycles. The number of nitrogens with one attached hydrogen (secondary N) is 2. The molecular formula is C29H27F4N9. The molecule has 0 spiro atoms. The van der Waals surface area contributed by atoms with E-state index in [9.17, 15) is 28.1 Å². The summed E-state index contributed by atoms with van der Waals surface area (Å²) in [5.41, 5.74) is 0.211. The minimum Gasteiger partial charge on any atom is -0.382 e. The quantitative estimate of drug-likeness (QED) is 0.189. The fourth-order valence-electron chi connectivity index (χ4n) is 4.56. The van der Waals surface area contributed by atoms with E-state index in [1.54, 1.807) is 36.0 Å². The van der Waals surface area contributed by atoms with Crippen molar-refractivity contribution in [2.45, 2.75) is 58.3 Å². The van der Waals surface area contributed by atoms with Crippen LogP contribution in [0.25, 0.3) is 10.9 Å². The molecule has 42 heavy (non-hydrogen) atoms. The summed E-state index contributed by atoms with van der Waals surface area (Å²) in [6, 6.07) is 9.37. The minimum absolute atomic E-state index is 0.0252. The summed E-state index contributed by atoms with van der Waals surface area (Å²) in [5.74, 6) is -0.644. The minimum atomic E-state index is -4.50. The summed E-state index contributed by atoms with van der Waals surface area (Å²) in [4.78, 5) is 8.22. The highest BCUT2D eigenvalue weighted by molar-refractivity contribution is 5.99. The summed E-state index contributed by atoms with van der Waals surface area (Å²) < 4.78 is 56.5. The van der Waals surface area contributed by atoms with Crippen molar-refractivity contribution in [3.8, 4) is 12.1 Å². The van der Waals surface area contributed by atoms with Crippen LogP contribution >= 0.6 is 0 Å². The van der Waals surface area contributed by atoms with Crippen LogP contribution in [0.5, 0.6) is 0 Å². The highest BCUT2D eigenvalue weighted by Crippen LogP contribution is 2.43. The summed E-state index contributed by atoms with van der Waals surface area (Å²) in [5, 5.41) is 34.8. The molecule has 0 saturated heterocycles. The van der Waals surface area contributed by atoms with Crippen LogP contribution in [0.2, 0.25) is 0 Å². The van der Waals surface area contributed by atoms with Gasteiger partial charge in [0.1, 0.15) is 17.8 Å². The van der Waals surface area contributed by atoms with Crippen molar-refractivity contribution >= 4 is 22.3 Å². The predicted octanol–water partition coefficient (Wildman–Crippen LogP) is 6.12. The lowest BCUT2D eigenvalue weighted by Crippen LogP contribution is -2.38. The third kappa shape index (κ3) is 5.30. The maximum absolute atomic E-state index is 13.9. The number of nitriles is 2. The van der Waals surface area contributed by atoms with E-state index in [0.29, 0.717) is 22.6 Å². The Morgan fingerprint density at radius 3 is 2.45 bits per heavy atom. The number of anilines is 2. The first-order valence-corrected chi connectivity index (χ1v) is 13.2. The zero-order valence-electron chi connectivity index (χ0n) is 23.3. The number of pyridine rings is 2. The number of fused-ring (bicyclic) bond motifs is 1. The van der Waals surface area contributed by atoms with Crippen molar-refractivity contribution in [2.24, 2.45) is 5.41 Å². The van der Waals surface area contributed by atoms with Crippen molar-refractivity contribution in [1.29, 1.82) is 10.5 Å². The molecule has 1 aromatic carbocycles. The summed E-state index contributed by atoms with van der Waals surface area (Å²) in [6.07, 6.45) is 0.448. The number of halogens is 4. The number of benzene rings is 1. The topological polar surface area (TPSA) is 128 Å². The molecule has 1 aliphatic carbocycles. The van der Waals surface area contributed by atoms with Crippen LogP contribution in [0.3, 0.4) is 0 Å². The Morgan fingerprint density at radius 1 is 1.12 bits per heavy atom. The monoisotopic (exact) mass is 577 g/mol. The lowest BCUT2D eigenvalue weighted by Gasteiger charge is -2.28. The van der Waals surface area contributed by atoms with Crippen molar-refractivity contribution in [2.75, 3.05) is 17.2 Å². The van der Waals surface area contributed by atoms with Gasteiger partial charge in [-0.15, -0.1) is 5.10 Å². The van der Waals surface area contributed by atoms with Gasteiger partial charge in [0.25, 0.3) is 0 Å². The zero-order chi connectivity index (χ0) is 30.4. The molecule has 4 aromatic rings. The highest BCUT2D eigenvalue weighted by Gasteiger charge is 2.47. The zero-order valence-corrected chi connectivity index (χ0v) is 23.3. The average Bonchev–Trinajstić information content (AvgIpc) is 3.48. The molecule has 0 radical (unpaired) electrons. The molecule has 1 unspecified atom stereocenters. The highest BCUT2D eigenvalue weighted by atomic mass is 19.4. The van der Waals surface area contributed by atoms with E-state index < -0.39 is 30.1 Å². The van der Waals surface area contributed by atoms with Crippen LogP contribution in [0, 0.1) is 40.9 Å². The molecule has 2 N–H and O–H groups in total. The fraction of sp³-hybridized carbons (Fsp3) is 0.379. The van der Waals surface area contributed by atoms with E-state index in [-0.39, 0.29) is 33.3 Å². The SMILES string of the molecule is Cc1nc(F)ccc1C(Nc1cc(C#N)c2ncc(C#N)c(NCC(C)(C)C(F)(F)F)c2c1)c1cn(C2(C)CC2)nn1. The molecule has 1 atom stereocenters. The molecule has 3 heterocycles. The van der Waals surface area contributed by atoms with Gasteiger partial charge in [-0.1, -0.05) is 11.3 Å². The van der Waals surface area contributed by atoms with Gasteiger partial charge in [0.15, 0.2) is 0 Å². The molecule has 3 aromatic heterocycles. The van der Waals surface area contributed by atoms with Crippen LogP contribution in [-0.4, -0.2) is 37.7 Å². The molecule has 9 nitrogen and oxygen atoms in total. The lowest BCUT2D eigenvalue weighted by molar-refractivity contribution is -0.206.